The Balaban J connectivity index is 1.63. The summed E-state index contributed by atoms with van der Waals surface area (Å²) in [6, 6.07) is 17.6. The molecule has 1 aromatic heterocycles. The second-order valence-electron chi connectivity index (χ2n) is 6.41. The number of carbonyl (C=O) groups excluding carboxylic acids is 1. The molecular weight excluding hydrogens is 324 g/mol. The van der Waals surface area contributed by atoms with E-state index in [1.807, 2.05) is 57.2 Å². The van der Waals surface area contributed by atoms with Crippen LogP contribution in [0, 0.1) is 20.8 Å². The second kappa shape index (κ2) is 7.78. The number of hydrogen-bond acceptors (Lipinski definition) is 4. The molecule has 5 nitrogen and oxygen atoms in total. The molecule has 2 N–H and O–H groups in total. The smallest absolute Gasteiger partial charge is 0.272 e. The molecule has 1 heterocycles. The third-order valence-corrected chi connectivity index (χ3v) is 4.09. The van der Waals surface area contributed by atoms with E-state index in [1.165, 1.54) is 11.1 Å². The van der Waals surface area contributed by atoms with Gasteiger partial charge in [0.05, 0.1) is 0 Å². The number of hydrogen-bond donors (Lipinski definition) is 2. The van der Waals surface area contributed by atoms with E-state index >= 15 is 0 Å². The Labute approximate surface area is 153 Å². The number of amides is 1. The number of benzene rings is 2. The van der Waals surface area contributed by atoms with Crippen LogP contribution in [0.4, 0.5) is 11.5 Å². The van der Waals surface area contributed by atoms with Crippen molar-refractivity contribution >= 4 is 17.4 Å². The van der Waals surface area contributed by atoms with Crippen molar-refractivity contribution in [3.63, 3.8) is 0 Å². The van der Waals surface area contributed by atoms with Gasteiger partial charge in [-0.15, -0.1) is 10.2 Å². The normalized spacial score (nSPS) is 10.4. The number of aryl methyl sites for hydroxylation is 3. The standard InChI is InChI=1S/C21H22N4O/c1-14-10-15(2)12-18(11-14)23-20-9-8-19(24-25-20)21(26)22-13-17-7-5-4-6-16(17)3/h4-12H,13H2,1-3H3,(H,22,26)(H,23,25). The average molecular weight is 346 g/mol. The molecule has 0 bridgehead atoms. The van der Waals surface area contributed by atoms with Crippen LogP contribution in [0.25, 0.3) is 0 Å². The Morgan fingerprint density at radius 2 is 1.65 bits per heavy atom. The van der Waals surface area contributed by atoms with Crippen molar-refractivity contribution in [1.29, 1.82) is 0 Å². The molecule has 0 aliphatic carbocycles. The lowest BCUT2D eigenvalue weighted by Gasteiger charge is -2.09. The zero-order valence-corrected chi connectivity index (χ0v) is 15.2. The van der Waals surface area contributed by atoms with Gasteiger partial charge in [-0.25, -0.2) is 0 Å². The van der Waals surface area contributed by atoms with Crippen molar-refractivity contribution in [2.75, 3.05) is 5.32 Å². The van der Waals surface area contributed by atoms with Crippen molar-refractivity contribution in [1.82, 2.24) is 15.5 Å². The second-order valence-corrected chi connectivity index (χ2v) is 6.41. The summed E-state index contributed by atoms with van der Waals surface area (Å²) in [6.07, 6.45) is 0. The SMILES string of the molecule is Cc1cc(C)cc(Nc2ccc(C(=O)NCc3ccccc3C)nn2)c1. The van der Waals surface area contributed by atoms with Crippen LogP contribution >= 0.6 is 0 Å². The number of carbonyl (C=O) groups is 1. The molecule has 26 heavy (non-hydrogen) atoms. The molecule has 0 fully saturated rings. The van der Waals surface area contributed by atoms with Crippen LogP contribution in [0.2, 0.25) is 0 Å². The van der Waals surface area contributed by atoms with E-state index in [1.54, 1.807) is 12.1 Å². The first kappa shape index (κ1) is 17.6. The number of nitrogens with one attached hydrogen (secondary N) is 2. The van der Waals surface area contributed by atoms with Crippen LogP contribution in [0.1, 0.15) is 32.7 Å². The molecule has 0 spiro atoms. The third kappa shape index (κ3) is 4.45. The van der Waals surface area contributed by atoms with E-state index in [2.05, 4.69) is 26.9 Å². The Kier molecular flexibility index (Phi) is 5.27. The van der Waals surface area contributed by atoms with Gasteiger partial charge in [0.15, 0.2) is 11.5 Å². The maximum atomic E-state index is 12.3. The van der Waals surface area contributed by atoms with Gasteiger partial charge in [0.25, 0.3) is 5.91 Å². The van der Waals surface area contributed by atoms with Gasteiger partial charge in [-0.05, 0) is 67.3 Å². The highest BCUT2D eigenvalue weighted by atomic mass is 16.1. The van der Waals surface area contributed by atoms with Gasteiger partial charge < -0.3 is 10.6 Å². The molecule has 132 valence electrons. The highest BCUT2D eigenvalue weighted by Crippen LogP contribution is 2.17. The zero-order chi connectivity index (χ0) is 18.5. The third-order valence-electron chi connectivity index (χ3n) is 4.09. The van der Waals surface area contributed by atoms with E-state index < -0.39 is 0 Å². The van der Waals surface area contributed by atoms with Gasteiger partial charge in [0.1, 0.15) is 0 Å². The van der Waals surface area contributed by atoms with Crippen LogP contribution in [0.3, 0.4) is 0 Å². The fourth-order valence-corrected chi connectivity index (χ4v) is 2.79. The zero-order valence-electron chi connectivity index (χ0n) is 15.2. The molecule has 3 aromatic rings. The monoisotopic (exact) mass is 346 g/mol. The summed E-state index contributed by atoms with van der Waals surface area (Å²) in [5.74, 6) is 0.365. The van der Waals surface area contributed by atoms with Crippen molar-refractivity contribution in [2.45, 2.75) is 27.3 Å². The van der Waals surface area contributed by atoms with Crippen LogP contribution in [0.5, 0.6) is 0 Å². The molecule has 0 unspecified atom stereocenters. The minimum absolute atomic E-state index is 0.237. The fraction of sp³-hybridized carbons (Fsp3) is 0.190. The first-order chi connectivity index (χ1) is 12.5. The maximum absolute atomic E-state index is 12.3. The van der Waals surface area contributed by atoms with Crippen molar-refractivity contribution in [2.24, 2.45) is 0 Å². The Morgan fingerprint density at radius 1 is 0.923 bits per heavy atom. The van der Waals surface area contributed by atoms with Gasteiger partial charge in [-0.3, -0.25) is 4.79 Å². The molecule has 5 heteroatoms. The van der Waals surface area contributed by atoms with Crippen molar-refractivity contribution < 1.29 is 4.79 Å². The lowest BCUT2D eigenvalue weighted by molar-refractivity contribution is 0.0945. The van der Waals surface area contributed by atoms with Crippen LogP contribution in [-0.2, 0) is 6.54 Å². The molecule has 0 atom stereocenters. The van der Waals surface area contributed by atoms with Gasteiger partial charge >= 0.3 is 0 Å². The molecule has 2 aromatic carbocycles. The Morgan fingerprint density at radius 3 is 2.31 bits per heavy atom. The molecule has 1 amide bonds. The van der Waals surface area contributed by atoms with Crippen LogP contribution in [-0.4, -0.2) is 16.1 Å². The van der Waals surface area contributed by atoms with E-state index in [-0.39, 0.29) is 5.91 Å². The van der Waals surface area contributed by atoms with Gasteiger partial charge in [-0.1, -0.05) is 30.3 Å². The van der Waals surface area contributed by atoms with Gasteiger partial charge in [0.2, 0.25) is 0 Å². The van der Waals surface area contributed by atoms with Crippen molar-refractivity contribution in [3.8, 4) is 0 Å². The molecule has 0 saturated carbocycles. The predicted octanol–water partition coefficient (Wildman–Crippen LogP) is 4.08. The number of rotatable bonds is 5. The van der Waals surface area contributed by atoms with Gasteiger partial charge in [0, 0.05) is 12.2 Å². The van der Waals surface area contributed by atoms with E-state index in [4.69, 9.17) is 0 Å². The lowest BCUT2D eigenvalue weighted by atomic mass is 10.1. The highest BCUT2D eigenvalue weighted by Gasteiger charge is 2.09. The largest absolute Gasteiger partial charge is 0.347 e. The molecule has 0 saturated heterocycles. The molecule has 3 rings (SSSR count). The minimum atomic E-state index is -0.237. The summed E-state index contributed by atoms with van der Waals surface area (Å²) in [5.41, 5.74) is 5.83. The Bertz CT molecular complexity index is 899. The number of anilines is 2. The first-order valence-corrected chi connectivity index (χ1v) is 8.53. The number of aromatic nitrogens is 2. The summed E-state index contributed by atoms with van der Waals surface area (Å²) in [6.45, 7) is 6.59. The summed E-state index contributed by atoms with van der Waals surface area (Å²) >= 11 is 0. The maximum Gasteiger partial charge on any atom is 0.272 e. The van der Waals surface area contributed by atoms with Crippen molar-refractivity contribution in [3.05, 3.63) is 82.5 Å². The summed E-state index contributed by atoms with van der Waals surface area (Å²) in [5, 5.41) is 14.2. The van der Waals surface area contributed by atoms with Crippen LogP contribution < -0.4 is 10.6 Å². The average Bonchev–Trinajstić information content (AvgIpc) is 2.60. The molecule has 0 radical (unpaired) electrons. The van der Waals surface area contributed by atoms with Crippen LogP contribution in [0.15, 0.2) is 54.6 Å². The topological polar surface area (TPSA) is 66.9 Å². The van der Waals surface area contributed by atoms with Gasteiger partial charge in [-0.2, -0.15) is 0 Å². The Hall–Kier alpha value is -3.21. The van der Waals surface area contributed by atoms with E-state index in [0.29, 0.717) is 18.1 Å². The van der Waals surface area contributed by atoms with E-state index in [9.17, 15) is 4.79 Å². The molecule has 0 aliphatic heterocycles. The first-order valence-electron chi connectivity index (χ1n) is 8.53. The predicted molar refractivity (Wildman–Crippen MR) is 104 cm³/mol. The quantitative estimate of drug-likeness (QED) is 0.731. The summed E-state index contributed by atoms with van der Waals surface area (Å²) in [7, 11) is 0. The molecule has 0 aliphatic rings. The molecular formula is C21H22N4O. The summed E-state index contributed by atoms with van der Waals surface area (Å²) < 4.78 is 0. The minimum Gasteiger partial charge on any atom is -0.347 e. The highest BCUT2D eigenvalue weighted by molar-refractivity contribution is 5.92. The fourth-order valence-electron chi connectivity index (χ4n) is 2.79. The lowest BCUT2D eigenvalue weighted by Crippen LogP contribution is -2.24. The van der Waals surface area contributed by atoms with E-state index in [0.717, 1.165) is 16.8 Å². The summed E-state index contributed by atoms with van der Waals surface area (Å²) in [4.78, 5) is 12.3. The number of nitrogens with zero attached hydrogens (tertiary/aromatic N) is 2.